The van der Waals surface area contributed by atoms with Crippen LogP contribution in [0.15, 0.2) is 5.16 Å². The lowest BCUT2D eigenvalue weighted by atomic mass is 10.5. The van der Waals surface area contributed by atoms with E-state index in [1.165, 1.54) is 11.8 Å². The number of primary amides is 1. The molecule has 66 valence electrons. The van der Waals surface area contributed by atoms with Crippen molar-refractivity contribution in [3.8, 4) is 0 Å². The zero-order valence-electron chi connectivity index (χ0n) is 6.60. The molecule has 0 radical (unpaired) electrons. The monoisotopic (exact) mass is 187 g/mol. The van der Waals surface area contributed by atoms with E-state index >= 15 is 0 Å². The number of amides is 1. The predicted molar refractivity (Wildman–Crippen MR) is 43.3 cm³/mol. The standard InChI is InChI=1S/C5H9N5OS/c1-10-5(7-8-9-10)12-3-2-4(6)11/h2-3H2,1H3,(H2,6,11). The molecule has 0 atom stereocenters. The zero-order chi connectivity index (χ0) is 8.97. The van der Waals surface area contributed by atoms with Gasteiger partial charge in [-0.2, -0.15) is 0 Å². The minimum absolute atomic E-state index is 0.308. The molecule has 0 aliphatic carbocycles. The van der Waals surface area contributed by atoms with Crippen LogP contribution in [0.25, 0.3) is 0 Å². The molecule has 0 spiro atoms. The first-order valence-electron chi connectivity index (χ1n) is 3.33. The Hall–Kier alpha value is -1.11. The van der Waals surface area contributed by atoms with Crippen LogP contribution in [-0.4, -0.2) is 31.9 Å². The molecule has 1 aromatic heterocycles. The molecule has 7 heteroatoms. The Morgan fingerprint density at radius 3 is 3.00 bits per heavy atom. The lowest BCUT2D eigenvalue weighted by Gasteiger charge is -1.95. The molecule has 1 heterocycles. The summed E-state index contributed by atoms with van der Waals surface area (Å²) < 4.78 is 1.55. The van der Waals surface area contributed by atoms with Gasteiger partial charge in [-0.15, -0.1) is 5.10 Å². The fourth-order valence-corrected chi connectivity index (χ4v) is 1.39. The lowest BCUT2D eigenvalue weighted by Crippen LogP contribution is -2.11. The first kappa shape index (κ1) is 8.98. The fraction of sp³-hybridized carbons (Fsp3) is 0.600. The summed E-state index contributed by atoms with van der Waals surface area (Å²) >= 11 is 1.41. The van der Waals surface area contributed by atoms with Gasteiger partial charge in [0, 0.05) is 19.2 Å². The summed E-state index contributed by atoms with van der Waals surface area (Å²) in [5.74, 6) is 0.307. The van der Waals surface area contributed by atoms with Crippen LogP contribution < -0.4 is 5.73 Å². The number of nitrogens with two attached hydrogens (primary N) is 1. The van der Waals surface area contributed by atoms with Crippen LogP contribution in [0.2, 0.25) is 0 Å². The predicted octanol–water partition coefficient (Wildman–Crippen LogP) is -0.822. The van der Waals surface area contributed by atoms with Crippen molar-refractivity contribution in [1.29, 1.82) is 0 Å². The van der Waals surface area contributed by atoms with Gasteiger partial charge in [0.1, 0.15) is 0 Å². The van der Waals surface area contributed by atoms with Gasteiger partial charge in [0.15, 0.2) is 0 Å². The molecule has 12 heavy (non-hydrogen) atoms. The van der Waals surface area contributed by atoms with Crippen molar-refractivity contribution >= 4 is 17.7 Å². The molecule has 2 N–H and O–H groups in total. The van der Waals surface area contributed by atoms with E-state index in [1.54, 1.807) is 11.7 Å². The highest BCUT2D eigenvalue weighted by Crippen LogP contribution is 2.12. The lowest BCUT2D eigenvalue weighted by molar-refractivity contribution is -0.117. The van der Waals surface area contributed by atoms with Crippen LogP contribution in [0.5, 0.6) is 0 Å². The number of carbonyl (C=O) groups excluding carboxylic acids is 1. The van der Waals surface area contributed by atoms with E-state index in [2.05, 4.69) is 15.5 Å². The van der Waals surface area contributed by atoms with Gasteiger partial charge in [-0.3, -0.25) is 4.79 Å². The average Bonchev–Trinajstić information content (AvgIpc) is 2.36. The molecule has 1 rings (SSSR count). The quantitative estimate of drug-likeness (QED) is 0.622. The number of nitrogens with zero attached hydrogens (tertiary/aromatic N) is 4. The number of aryl methyl sites for hydroxylation is 1. The first-order chi connectivity index (χ1) is 5.70. The minimum Gasteiger partial charge on any atom is -0.370 e. The van der Waals surface area contributed by atoms with E-state index in [9.17, 15) is 4.79 Å². The van der Waals surface area contributed by atoms with Crippen LogP contribution in [0.1, 0.15) is 6.42 Å². The van der Waals surface area contributed by atoms with Gasteiger partial charge in [-0.05, 0) is 10.4 Å². The van der Waals surface area contributed by atoms with Crippen LogP contribution in [0.4, 0.5) is 0 Å². The number of hydrogen-bond donors (Lipinski definition) is 1. The maximum absolute atomic E-state index is 10.4. The molecule has 1 aromatic rings. The van der Waals surface area contributed by atoms with E-state index < -0.39 is 0 Å². The molecule has 0 bridgehead atoms. The summed E-state index contributed by atoms with van der Waals surface area (Å²) in [7, 11) is 1.74. The van der Waals surface area contributed by atoms with Crippen molar-refractivity contribution < 1.29 is 4.79 Å². The SMILES string of the molecule is Cn1nnnc1SCCC(N)=O. The Balaban J connectivity index is 2.33. The Morgan fingerprint density at radius 1 is 1.75 bits per heavy atom. The molecule has 0 aromatic carbocycles. The molecule has 0 unspecified atom stereocenters. The summed E-state index contributed by atoms with van der Waals surface area (Å²) in [6.07, 6.45) is 0.345. The van der Waals surface area contributed by atoms with Crippen LogP contribution >= 0.6 is 11.8 Å². The third kappa shape index (κ3) is 2.50. The molecular weight excluding hydrogens is 178 g/mol. The number of hydrogen-bond acceptors (Lipinski definition) is 5. The minimum atomic E-state index is -0.308. The number of tetrazole rings is 1. The zero-order valence-corrected chi connectivity index (χ0v) is 7.41. The summed E-state index contributed by atoms with van der Waals surface area (Å²) in [4.78, 5) is 10.4. The second kappa shape index (κ2) is 4.05. The highest BCUT2D eigenvalue weighted by atomic mass is 32.2. The van der Waals surface area contributed by atoms with Crippen LogP contribution in [0, 0.1) is 0 Å². The van der Waals surface area contributed by atoms with Gasteiger partial charge >= 0.3 is 0 Å². The maximum Gasteiger partial charge on any atom is 0.218 e. The fourth-order valence-electron chi connectivity index (χ4n) is 0.586. The smallest absolute Gasteiger partial charge is 0.218 e. The second-order valence-electron chi connectivity index (χ2n) is 2.15. The molecule has 0 saturated heterocycles. The topological polar surface area (TPSA) is 86.7 Å². The Labute approximate surface area is 73.5 Å². The molecule has 1 amide bonds. The van der Waals surface area contributed by atoms with E-state index in [0.29, 0.717) is 17.3 Å². The number of thioether (sulfide) groups is 1. The number of aromatic nitrogens is 4. The van der Waals surface area contributed by atoms with Gasteiger partial charge in [-0.25, -0.2) is 4.68 Å². The van der Waals surface area contributed by atoms with Crippen molar-refractivity contribution in [3.63, 3.8) is 0 Å². The molecule has 0 fully saturated rings. The Morgan fingerprint density at radius 2 is 2.50 bits per heavy atom. The van der Waals surface area contributed by atoms with E-state index in [1.807, 2.05) is 0 Å². The van der Waals surface area contributed by atoms with Crippen molar-refractivity contribution in [2.75, 3.05) is 5.75 Å². The highest BCUT2D eigenvalue weighted by Gasteiger charge is 2.02. The van der Waals surface area contributed by atoms with Crippen LogP contribution in [0.3, 0.4) is 0 Å². The maximum atomic E-state index is 10.4. The molecule has 0 aliphatic rings. The van der Waals surface area contributed by atoms with Gasteiger partial charge < -0.3 is 5.73 Å². The highest BCUT2D eigenvalue weighted by molar-refractivity contribution is 7.99. The van der Waals surface area contributed by atoms with Gasteiger partial charge in [0.05, 0.1) is 0 Å². The average molecular weight is 187 g/mol. The van der Waals surface area contributed by atoms with E-state index in [0.717, 1.165) is 0 Å². The van der Waals surface area contributed by atoms with Crippen molar-refractivity contribution in [3.05, 3.63) is 0 Å². The van der Waals surface area contributed by atoms with Crippen LogP contribution in [-0.2, 0) is 11.8 Å². The van der Waals surface area contributed by atoms with Crippen molar-refractivity contribution in [2.24, 2.45) is 12.8 Å². The van der Waals surface area contributed by atoms with Gasteiger partial charge in [0.2, 0.25) is 11.1 Å². The van der Waals surface area contributed by atoms with Crippen molar-refractivity contribution in [1.82, 2.24) is 20.2 Å². The largest absolute Gasteiger partial charge is 0.370 e. The molecular formula is C5H9N5OS. The van der Waals surface area contributed by atoms with E-state index in [-0.39, 0.29) is 5.91 Å². The number of carbonyl (C=O) groups is 1. The summed E-state index contributed by atoms with van der Waals surface area (Å²) in [6.45, 7) is 0. The molecule has 0 aliphatic heterocycles. The molecule has 0 saturated carbocycles. The second-order valence-corrected chi connectivity index (χ2v) is 3.21. The van der Waals surface area contributed by atoms with Crippen molar-refractivity contribution in [2.45, 2.75) is 11.6 Å². The van der Waals surface area contributed by atoms with Gasteiger partial charge in [-0.1, -0.05) is 11.8 Å². The van der Waals surface area contributed by atoms with E-state index in [4.69, 9.17) is 5.73 Å². The third-order valence-corrected chi connectivity index (χ3v) is 2.17. The Kier molecular flexibility index (Phi) is 3.03. The first-order valence-corrected chi connectivity index (χ1v) is 4.32. The third-order valence-electron chi connectivity index (χ3n) is 1.16. The van der Waals surface area contributed by atoms with Gasteiger partial charge in [0.25, 0.3) is 0 Å². The summed E-state index contributed by atoms with van der Waals surface area (Å²) in [6, 6.07) is 0. The number of rotatable bonds is 4. The Bertz CT molecular complexity index is 273. The summed E-state index contributed by atoms with van der Waals surface area (Å²) in [5, 5.41) is 11.5. The normalized spacial score (nSPS) is 10.1. The summed E-state index contributed by atoms with van der Waals surface area (Å²) in [5.41, 5.74) is 4.96. The molecule has 6 nitrogen and oxygen atoms in total.